The zero-order valence-electron chi connectivity index (χ0n) is 8.32. The molecule has 0 spiro atoms. The van der Waals surface area contributed by atoms with E-state index in [0.717, 1.165) is 0 Å². The quantitative estimate of drug-likeness (QED) is 0.793. The van der Waals surface area contributed by atoms with Crippen LogP contribution in [0.15, 0.2) is 24.4 Å². The van der Waals surface area contributed by atoms with Crippen LogP contribution in [0.25, 0.3) is 0 Å². The van der Waals surface area contributed by atoms with E-state index in [2.05, 4.69) is 10.3 Å². The Morgan fingerprint density at radius 3 is 3.00 bits per heavy atom. The first kappa shape index (κ1) is 10.4. The SMILES string of the molecule is O=C(NCC(Cl)C1CC1)c1ccccn1. The maximum Gasteiger partial charge on any atom is 0.269 e. The van der Waals surface area contributed by atoms with Crippen molar-refractivity contribution in [3.05, 3.63) is 30.1 Å². The van der Waals surface area contributed by atoms with Crippen molar-refractivity contribution < 1.29 is 4.79 Å². The van der Waals surface area contributed by atoms with Crippen molar-refractivity contribution in [1.82, 2.24) is 10.3 Å². The molecule has 1 amide bonds. The Labute approximate surface area is 93.8 Å². The number of halogens is 1. The summed E-state index contributed by atoms with van der Waals surface area (Å²) >= 11 is 6.07. The molecule has 0 radical (unpaired) electrons. The monoisotopic (exact) mass is 224 g/mol. The largest absolute Gasteiger partial charge is 0.349 e. The van der Waals surface area contributed by atoms with E-state index in [1.165, 1.54) is 12.8 Å². The molecule has 0 saturated heterocycles. The summed E-state index contributed by atoms with van der Waals surface area (Å²) in [6.45, 7) is 0.529. The molecule has 0 bridgehead atoms. The lowest BCUT2D eigenvalue weighted by molar-refractivity contribution is 0.0948. The fourth-order valence-corrected chi connectivity index (χ4v) is 1.73. The van der Waals surface area contributed by atoms with Crippen LogP contribution >= 0.6 is 11.6 Å². The lowest BCUT2D eigenvalue weighted by Gasteiger charge is -2.08. The van der Waals surface area contributed by atoms with Crippen LogP contribution in [0.5, 0.6) is 0 Å². The molecule has 1 aliphatic carbocycles. The number of alkyl halides is 1. The predicted molar refractivity (Wildman–Crippen MR) is 58.9 cm³/mol. The standard InChI is InChI=1S/C11H13ClN2O/c12-9(8-4-5-8)7-14-11(15)10-3-1-2-6-13-10/h1-3,6,8-9H,4-5,7H2,(H,14,15). The minimum Gasteiger partial charge on any atom is -0.349 e. The van der Waals surface area contributed by atoms with Gasteiger partial charge in [0.1, 0.15) is 5.69 Å². The number of nitrogens with zero attached hydrogens (tertiary/aromatic N) is 1. The van der Waals surface area contributed by atoms with Gasteiger partial charge in [0.15, 0.2) is 0 Å². The molecule has 80 valence electrons. The molecule has 1 unspecified atom stereocenters. The number of amides is 1. The number of carbonyl (C=O) groups excluding carboxylic acids is 1. The van der Waals surface area contributed by atoms with Gasteiger partial charge in [0.2, 0.25) is 0 Å². The predicted octanol–water partition coefficient (Wildman–Crippen LogP) is 1.83. The van der Waals surface area contributed by atoms with Crippen LogP contribution < -0.4 is 5.32 Å². The van der Waals surface area contributed by atoms with Gasteiger partial charge in [0.05, 0.1) is 5.38 Å². The normalized spacial score (nSPS) is 17.1. The fourth-order valence-electron chi connectivity index (χ4n) is 1.40. The Bertz CT molecular complexity index is 338. The second kappa shape index (κ2) is 4.62. The number of hydrogen-bond donors (Lipinski definition) is 1. The first-order valence-corrected chi connectivity index (χ1v) is 5.54. The lowest BCUT2D eigenvalue weighted by Crippen LogP contribution is -2.31. The maximum atomic E-state index is 11.6. The average molecular weight is 225 g/mol. The summed E-state index contributed by atoms with van der Waals surface area (Å²) in [7, 11) is 0. The van der Waals surface area contributed by atoms with Crippen molar-refractivity contribution in [1.29, 1.82) is 0 Å². The molecule has 4 heteroatoms. The Morgan fingerprint density at radius 2 is 2.40 bits per heavy atom. The van der Waals surface area contributed by atoms with Crippen LogP contribution in [-0.2, 0) is 0 Å². The Morgan fingerprint density at radius 1 is 1.60 bits per heavy atom. The van der Waals surface area contributed by atoms with Gasteiger partial charge in [-0.1, -0.05) is 6.07 Å². The van der Waals surface area contributed by atoms with Gasteiger partial charge in [-0.3, -0.25) is 9.78 Å². The summed E-state index contributed by atoms with van der Waals surface area (Å²) in [6.07, 6.45) is 3.98. The molecular formula is C11H13ClN2O. The number of pyridine rings is 1. The molecular weight excluding hydrogens is 212 g/mol. The van der Waals surface area contributed by atoms with E-state index in [9.17, 15) is 4.79 Å². The first-order valence-electron chi connectivity index (χ1n) is 5.10. The molecule has 1 aromatic rings. The molecule has 15 heavy (non-hydrogen) atoms. The van der Waals surface area contributed by atoms with E-state index in [1.807, 2.05) is 0 Å². The highest BCUT2D eigenvalue weighted by molar-refractivity contribution is 6.21. The third-order valence-corrected chi connectivity index (χ3v) is 3.00. The van der Waals surface area contributed by atoms with Gasteiger partial charge in [-0.05, 0) is 30.9 Å². The molecule has 1 N–H and O–H groups in total. The van der Waals surface area contributed by atoms with E-state index in [0.29, 0.717) is 18.2 Å². The molecule has 1 atom stereocenters. The zero-order chi connectivity index (χ0) is 10.7. The number of carbonyl (C=O) groups is 1. The van der Waals surface area contributed by atoms with Gasteiger partial charge in [-0.15, -0.1) is 11.6 Å². The van der Waals surface area contributed by atoms with Gasteiger partial charge >= 0.3 is 0 Å². The third kappa shape index (κ3) is 2.93. The van der Waals surface area contributed by atoms with Crippen LogP contribution in [0.1, 0.15) is 23.3 Å². The summed E-state index contributed by atoms with van der Waals surface area (Å²) < 4.78 is 0. The van der Waals surface area contributed by atoms with Crippen LogP contribution in [0.3, 0.4) is 0 Å². The topological polar surface area (TPSA) is 42.0 Å². The summed E-state index contributed by atoms with van der Waals surface area (Å²) in [5.74, 6) is 0.442. The maximum absolute atomic E-state index is 11.6. The summed E-state index contributed by atoms with van der Waals surface area (Å²) in [4.78, 5) is 15.5. The van der Waals surface area contributed by atoms with Gasteiger partial charge in [0, 0.05) is 12.7 Å². The highest BCUT2D eigenvalue weighted by atomic mass is 35.5. The van der Waals surface area contributed by atoms with E-state index < -0.39 is 0 Å². The Kier molecular flexibility index (Phi) is 3.21. The van der Waals surface area contributed by atoms with E-state index in [4.69, 9.17) is 11.6 Å². The summed E-state index contributed by atoms with van der Waals surface area (Å²) in [5, 5.41) is 2.85. The molecule has 1 aromatic heterocycles. The number of hydrogen-bond acceptors (Lipinski definition) is 2. The minimum atomic E-state index is -0.151. The van der Waals surface area contributed by atoms with Crippen molar-refractivity contribution in [2.24, 2.45) is 5.92 Å². The van der Waals surface area contributed by atoms with E-state index >= 15 is 0 Å². The molecule has 1 fully saturated rings. The Hall–Kier alpha value is -1.09. The number of nitrogens with one attached hydrogen (secondary N) is 1. The van der Waals surface area contributed by atoms with Crippen LogP contribution in [0.2, 0.25) is 0 Å². The van der Waals surface area contributed by atoms with Crippen molar-refractivity contribution in [2.75, 3.05) is 6.54 Å². The van der Waals surface area contributed by atoms with Crippen molar-refractivity contribution in [3.63, 3.8) is 0 Å². The smallest absolute Gasteiger partial charge is 0.269 e. The number of aromatic nitrogens is 1. The summed E-state index contributed by atoms with van der Waals surface area (Å²) in [5.41, 5.74) is 0.442. The van der Waals surface area contributed by atoms with Gasteiger partial charge < -0.3 is 5.32 Å². The van der Waals surface area contributed by atoms with Crippen LogP contribution in [-0.4, -0.2) is 22.8 Å². The molecule has 1 saturated carbocycles. The van der Waals surface area contributed by atoms with Gasteiger partial charge in [0.25, 0.3) is 5.91 Å². The molecule has 1 heterocycles. The summed E-state index contributed by atoms with van der Waals surface area (Å²) in [6, 6.07) is 5.27. The second-order valence-corrected chi connectivity index (χ2v) is 4.34. The highest BCUT2D eigenvalue weighted by Gasteiger charge is 2.29. The Balaban J connectivity index is 1.82. The van der Waals surface area contributed by atoms with Crippen molar-refractivity contribution in [2.45, 2.75) is 18.2 Å². The molecule has 0 aliphatic heterocycles. The minimum absolute atomic E-state index is 0.0673. The van der Waals surface area contributed by atoms with Crippen LogP contribution in [0, 0.1) is 5.92 Å². The number of rotatable bonds is 4. The molecule has 3 nitrogen and oxygen atoms in total. The fraction of sp³-hybridized carbons (Fsp3) is 0.455. The van der Waals surface area contributed by atoms with Gasteiger partial charge in [-0.25, -0.2) is 0 Å². The zero-order valence-corrected chi connectivity index (χ0v) is 9.07. The second-order valence-electron chi connectivity index (χ2n) is 3.78. The highest BCUT2D eigenvalue weighted by Crippen LogP contribution is 2.35. The van der Waals surface area contributed by atoms with Gasteiger partial charge in [-0.2, -0.15) is 0 Å². The van der Waals surface area contributed by atoms with Crippen molar-refractivity contribution in [3.8, 4) is 0 Å². The molecule has 2 rings (SSSR count). The van der Waals surface area contributed by atoms with E-state index in [1.54, 1.807) is 24.4 Å². The third-order valence-electron chi connectivity index (χ3n) is 2.49. The molecule has 1 aliphatic rings. The first-order chi connectivity index (χ1) is 7.27. The van der Waals surface area contributed by atoms with E-state index in [-0.39, 0.29) is 11.3 Å². The average Bonchev–Trinajstić information content (AvgIpc) is 3.10. The van der Waals surface area contributed by atoms with Crippen molar-refractivity contribution >= 4 is 17.5 Å². The van der Waals surface area contributed by atoms with Crippen LogP contribution in [0.4, 0.5) is 0 Å². The lowest BCUT2D eigenvalue weighted by atomic mass is 10.2. The molecule has 0 aromatic carbocycles.